The molecular weight excluding hydrogens is 524 g/mol. The summed E-state index contributed by atoms with van der Waals surface area (Å²) in [5.74, 6) is 1.24. The molecule has 0 bridgehead atoms. The number of ketones is 1. The molecule has 4 atom stereocenters. The van der Waals surface area contributed by atoms with E-state index in [1.807, 2.05) is 43.3 Å². The zero-order valence-corrected chi connectivity index (χ0v) is 24.5. The van der Waals surface area contributed by atoms with Gasteiger partial charge in [0.25, 0.3) is 0 Å². The van der Waals surface area contributed by atoms with Crippen LogP contribution in [0, 0.1) is 0 Å². The highest BCUT2D eigenvalue weighted by atomic mass is 35.5. The fraction of sp³-hybridized carbons (Fsp3) is 0.424. The topological polar surface area (TPSA) is 62.2 Å². The van der Waals surface area contributed by atoms with E-state index in [1.165, 1.54) is 5.56 Å². The summed E-state index contributed by atoms with van der Waals surface area (Å²) < 4.78 is 11.9. The van der Waals surface area contributed by atoms with E-state index in [9.17, 15) is 9.90 Å². The van der Waals surface area contributed by atoms with Crippen LogP contribution in [0.3, 0.4) is 0 Å². The monoisotopic (exact) mass is 562 g/mol. The summed E-state index contributed by atoms with van der Waals surface area (Å²) in [6.45, 7) is 8.22. The van der Waals surface area contributed by atoms with Crippen molar-refractivity contribution in [1.29, 1.82) is 0 Å². The van der Waals surface area contributed by atoms with Crippen molar-refractivity contribution in [1.82, 2.24) is 4.90 Å². The molecule has 3 aromatic carbocycles. The Morgan fingerprint density at radius 2 is 1.77 bits per heavy atom. The molecule has 6 nitrogen and oxygen atoms in total. The molecule has 212 valence electrons. The largest absolute Gasteiger partial charge is 0.493 e. The highest BCUT2D eigenvalue weighted by Gasteiger charge is 2.35. The average Bonchev–Trinajstić information content (AvgIpc) is 2.97. The van der Waals surface area contributed by atoms with Gasteiger partial charge in [-0.05, 0) is 92.7 Å². The number of β-amino-alcohol motifs (C(OH)–C–C–N with tert-alkyl or cyclic N) is 1. The SMILES string of the molecule is CCC(C)Oc1cc2c(cc1OC)C(=O)CN(c1ccc(C(C)N3CCCC(O)C3)cc1)C2c1ccc(Cl)cc1. The van der Waals surface area contributed by atoms with Gasteiger partial charge < -0.3 is 19.5 Å². The van der Waals surface area contributed by atoms with Crippen molar-refractivity contribution in [3.05, 3.63) is 87.9 Å². The van der Waals surface area contributed by atoms with E-state index in [0.29, 0.717) is 28.6 Å². The molecule has 4 unspecified atom stereocenters. The van der Waals surface area contributed by atoms with Crippen molar-refractivity contribution < 1.29 is 19.4 Å². The number of nitrogens with zero attached hydrogens (tertiary/aromatic N) is 2. The van der Waals surface area contributed by atoms with Crippen LogP contribution in [0.15, 0.2) is 60.7 Å². The van der Waals surface area contributed by atoms with Crippen molar-refractivity contribution in [2.45, 2.75) is 64.3 Å². The Balaban J connectivity index is 1.54. The number of aliphatic hydroxyl groups excluding tert-OH is 1. The maximum absolute atomic E-state index is 13.6. The molecule has 2 aliphatic heterocycles. The summed E-state index contributed by atoms with van der Waals surface area (Å²) in [6.07, 6.45) is 2.48. The number of piperidine rings is 1. The Bertz CT molecular complexity index is 1330. The van der Waals surface area contributed by atoms with Crippen molar-refractivity contribution in [2.24, 2.45) is 0 Å². The molecule has 7 heteroatoms. The molecule has 40 heavy (non-hydrogen) atoms. The predicted molar refractivity (Wildman–Crippen MR) is 160 cm³/mol. The smallest absolute Gasteiger partial charge is 0.182 e. The zero-order valence-electron chi connectivity index (χ0n) is 23.8. The maximum atomic E-state index is 13.6. The molecule has 1 N–H and O–H groups in total. The van der Waals surface area contributed by atoms with E-state index in [0.717, 1.165) is 42.6 Å². The molecule has 3 aromatic rings. The number of benzene rings is 3. The molecular formula is C33H39ClN2O4. The van der Waals surface area contributed by atoms with Gasteiger partial charge in [0.2, 0.25) is 0 Å². The van der Waals surface area contributed by atoms with Gasteiger partial charge in [-0.2, -0.15) is 0 Å². The molecule has 0 aromatic heterocycles. The minimum Gasteiger partial charge on any atom is -0.493 e. The van der Waals surface area contributed by atoms with E-state index in [1.54, 1.807) is 7.11 Å². The first-order valence-electron chi connectivity index (χ1n) is 14.2. The van der Waals surface area contributed by atoms with Crippen molar-refractivity contribution >= 4 is 23.1 Å². The van der Waals surface area contributed by atoms with Crippen LogP contribution in [0.5, 0.6) is 11.5 Å². The molecule has 0 amide bonds. The zero-order chi connectivity index (χ0) is 28.4. The lowest BCUT2D eigenvalue weighted by Gasteiger charge is -2.39. The minimum absolute atomic E-state index is 0.00637. The number of fused-ring (bicyclic) bond motifs is 1. The second kappa shape index (κ2) is 12.2. The Morgan fingerprint density at radius 3 is 2.42 bits per heavy atom. The Labute approximate surface area is 242 Å². The van der Waals surface area contributed by atoms with Crippen LogP contribution in [0.2, 0.25) is 5.02 Å². The Kier molecular flexibility index (Phi) is 8.69. The number of anilines is 1. The van der Waals surface area contributed by atoms with Crippen LogP contribution in [-0.4, -0.2) is 54.7 Å². The van der Waals surface area contributed by atoms with E-state index < -0.39 is 0 Å². The number of carbonyl (C=O) groups is 1. The standard InChI is InChI=1S/C33H39ClN2O4/c1-5-21(2)40-32-18-29-28(17-31(32)39-4)30(38)20-36(33(29)24-8-12-25(34)13-9-24)26-14-10-23(11-15-26)22(3)35-16-6-7-27(37)19-35/h8-15,17-18,21-22,27,33,37H,5-7,16,19-20H2,1-4H3. The second-order valence-corrected chi connectivity index (χ2v) is 11.4. The number of halogens is 1. The molecule has 0 spiro atoms. The molecule has 2 heterocycles. The van der Waals surface area contributed by atoms with Crippen LogP contribution in [0.1, 0.15) is 79.2 Å². The van der Waals surface area contributed by atoms with E-state index in [4.69, 9.17) is 21.1 Å². The summed E-state index contributed by atoms with van der Waals surface area (Å²) >= 11 is 6.26. The molecule has 0 radical (unpaired) electrons. The number of carbonyl (C=O) groups excluding carboxylic acids is 1. The number of likely N-dealkylation sites (tertiary alicyclic amines) is 1. The number of methoxy groups -OCH3 is 1. The fourth-order valence-electron chi connectivity index (χ4n) is 5.83. The normalized spacial score (nSPS) is 21.1. The lowest BCUT2D eigenvalue weighted by molar-refractivity contribution is 0.0504. The lowest BCUT2D eigenvalue weighted by Crippen LogP contribution is -2.40. The first-order chi connectivity index (χ1) is 19.3. The predicted octanol–water partition coefficient (Wildman–Crippen LogP) is 6.84. The van der Waals surface area contributed by atoms with Crippen molar-refractivity contribution in [3.63, 3.8) is 0 Å². The van der Waals surface area contributed by atoms with Crippen molar-refractivity contribution in [2.75, 3.05) is 31.6 Å². The molecule has 2 aliphatic rings. The van der Waals surface area contributed by atoms with E-state index in [-0.39, 0.29) is 36.6 Å². The van der Waals surface area contributed by atoms with Gasteiger partial charge in [0, 0.05) is 28.9 Å². The third kappa shape index (κ3) is 5.85. The van der Waals surface area contributed by atoms with E-state index in [2.05, 4.69) is 47.9 Å². The number of hydrogen-bond donors (Lipinski definition) is 1. The highest BCUT2D eigenvalue weighted by molar-refractivity contribution is 6.30. The first kappa shape index (κ1) is 28.5. The third-order valence-electron chi connectivity index (χ3n) is 8.33. The van der Waals surface area contributed by atoms with Crippen LogP contribution in [0.25, 0.3) is 0 Å². The summed E-state index contributed by atoms with van der Waals surface area (Å²) in [5.41, 5.74) is 4.74. The summed E-state index contributed by atoms with van der Waals surface area (Å²) in [7, 11) is 1.61. The summed E-state index contributed by atoms with van der Waals surface area (Å²) in [5, 5.41) is 10.8. The Morgan fingerprint density at radius 1 is 1.05 bits per heavy atom. The van der Waals surface area contributed by atoms with Gasteiger partial charge in [0.05, 0.1) is 31.9 Å². The first-order valence-corrected chi connectivity index (χ1v) is 14.6. The van der Waals surface area contributed by atoms with Gasteiger partial charge in [0.15, 0.2) is 17.3 Å². The van der Waals surface area contributed by atoms with Crippen molar-refractivity contribution in [3.8, 4) is 11.5 Å². The van der Waals surface area contributed by atoms with Gasteiger partial charge in [-0.25, -0.2) is 0 Å². The van der Waals surface area contributed by atoms with Crippen LogP contribution < -0.4 is 14.4 Å². The highest BCUT2D eigenvalue weighted by Crippen LogP contribution is 2.43. The van der Waals surface area contributed by atoms with Gasteiger partial charge in [-0.15, -0.1) is 0 Å². The molecule has 1 fully saturated rings. The van der Waals surface area contributed by atoms with Gasteiger partial charge in [-0.1, -0.05) is 42.8 Å². The van der Waals surface area contributed by atoms with Gasteiger partial charge in [0.1, 0.15) is 0 Å². The third-order valence-corrected chi connectivity index (χ3v) is 8.58. The number of hydrogen-bond acceptors (Lipinski definition) is 6. The molecule has 1 saturated heterocycles. The number of aliphatic hydroxyl groups is 1. The average molecular weight is 563 g/mol. The Hall–Kier alpha value is -3.06. The van der Waals surface area contributed by atoms with Crippen LogP contribution in [-0.2, 0) is 0 Å². The van der Waals surface area contributed by atoms with Crippen LogP contribution >= 0.6 is 11.6 Å². The van der Waals surface area contributed by atoms with Crippen LogP contribution in [0.4, 0.5) is 5.69 Å². The quantitative estimate of drug-likeness (QED) is 0.324. The van der Waals surface area contributed by atoms with Gasteiger partial charge in [-0.3, -0.25) is 9.69 Å². The number of rotatable bonds is 8. The lowest BCUT2D eigenvalue weighted by atomic mass is 9.86. The van der Waals surface area contributed by atoms with E-state index >= 15 is 0 Å². The summed E-state index contributed by atoms with van der Waals surface area (Å²) in [4.78, 5) is 18.1. The number of ether oxygens (including phenoxy) is 2. The molecule has 5 rings (SSSR count). The number of Topliss-reactive ketones (excluding diaryl/α,β-unsaturated/α-hetero) is 1. The van der Waals surface area contributed by atoms with Gasteiger partial charge >= 0.3 is 0 Å². The minimum atomic E-state index is -0.261. The summed E-state index contributed by atoms with van der Waals surface area (Å²) in [6, 6.07) is 20.1. The fourth-order valence-corrected chi connectivity index (χ4v) is 5.96. The molecule has 0 aliphatic carbocycles. The molecule has 0 saturated carbocycles. The maximum Gasteiger partial charge on any atom is 0.182 e. The second-order valence-electron chi connectivity index (χ2n) is 11.0.